The fourth-order valence-corrected chi connectivity index (χ4v) is 2.57. The van der Waals surface area contributed by atoms with Crippen molar-refractivity contribution in [2.24, 2.45) is 10.7 Å². The van der Waals surface area contributed by atoms with Crippen LogP contribution in [0.1, 0.15) is 0 Å². The minimum absolute atomic E-state index is 0.0734. The highest BCUT2D eigenvalue weighted by molar-refractivity contribution is 7.81. The molecule has 0 saturated carbocycles. The van der Waals surface area contributed by atoms with E-state index in [4.69, 9.17) is 10.3 Å². The van der Waals surface area contributed by atoms with Gasteiger partial charge >= 0.3 is 16.4 Å². The quantitative estimate of drug-likeness (QED) is 0.602. The molecule has 1 amide bonds. The van der Waals surface area contributed by atoms with Crippen LogP contribution >= 0.6 is 0 Å². The smallest absolute Gasteiger partial charge is 0.364 e. The number of hydrogen-bond donors (Lipinski definition) is 2. The van der Waals surface area contributed by atoms with Gasteiger partial charge in [0.05, 0.1) is 12.2 Å². The Morgan fingerprint density at radius 2 is 2.00 bits per heavy atom. The highest BCUT2D eigenvalue weighted by atomic mass is 32.3. The molecule has 2 bridgehead atoms. The highest BCUT2D eigenvalue weighted by Crippen LogP contribution is 2.21. The summed E-state index contributed by atoms with van der Waals surface area (Å²) >= 11 is 0. The zero-order valence-electron chi connectivity index (χ0n) is 9.98. The molecule has 104 valence electrons. The van der Waals surface area contributed by atoms with Gasteiger partial charge in [-0.05, 0) is 0 Å². The topological polar surface area (TPSA) is 122 Å². The van der Waals surface area contributed by atoms with Crippen LogP contribution in [-0.2, 0) is 19.4 Å². The van der Waals surface area contributed by atoms with E-state index in [1.807, 2.05) is 0 Å². The van der Waals surface area contributed by atoms with Crippen LogP contribution in [0.4, 0.5) is 0 Å². The summed E-state index contributed by atoms with van der Waals surface area (Å²) in [5, 5.41) is 1.21. The number of primary amides is 1. The zero-order chi connectivity index (χ0) is 14.5. The third kappa shape index (κ3) is 1.92. The van der Waals surface area contributed by atoms with Crippen LogP contribution in [0.3, 0.4) is 0 Å². The van der Waals surface area contributed by atoms with Crippen molar-refractivity contribution in [3.05, 3.63) is 34.7 Å². The summed E-state index contributed by atoms with van der Waals surface area (Å²) in [6.45, 7) is 0.153. The first-order valence-electron chi connectivity index (χ1n) is 5.52. The second kappa shape index (κ2) is 4.05. The van der Waals surface area contributed by atoms with Gasteiger partial charge in [-0.2, -0.15) is 13.4 Å². The van der Waals surface area contributed by atoms with Gasteiger partial charge < -0.3 is 9.92 Å². The lowest BCUT2D eigenvalue weighted by Gasteiger charge is -2.21. The number of benzene rings is 1. The van der Waals surface area contributed by atoms with E-state index in [9.17, 15) is 13.2 Å². The predicted octanol–water partition coefficient (Wildman–Crippen LogP) is -2.11. The van der Waals surface area contributed by atoms with E-state index in [0.29, 0.717) is 16.1 Å². The molecule has 2 aliphatic heterocycles. The van der Waals surface area contributed by atoms with Crippen molar-refractivity contribution >= 4 is 33.7 Å². The summed E-state index contributed by atoms with van der Waals surface area (Å²) in [5.74, 6) is -0.745. The molecule has 1 aromatic rings. The Bertz CT molecular complexity index is 872. The minimum atomic E-state index is -4.73. The number of nitrogens with two attached hydrogens (primary N) is 1. The molecule has 0 radical (unpaired) electrons. The van der Waals surface area contributed by atoms with E-state index in [1.54, 1.807) is 24.3 Å². The summed E-state index contributed by atoms with van der Waals surface area (Å²) in [6.07, 6.45) is 0. The van der Waals surface area contributed by atoms with Gasteiger partial charge in [-0.25, -0.2) is 0 Å². The van der Waals surface area contributed by atoms with E-state index < -0.39 is 22.3 Å². The summed E-state index contributed by atoms with van der Waals surface area (Å²) in [5.41, 5.74) is 5.95. The van der Waals surface area contributed by atoms with E-state index in [-0.39, 0.29) is 12.2 Å². The third-order valence-corrected chi connectivity index (χ3v) is 3.31. The molecule has 20 heavy (non-hydrogen) atoms. The molecular weight excluding hydrogens is 286 g/mol. The van der Waals surface area contributed by atoms with Crippen molar-refractivity contribution in [1.29, 1.82) is 0 Å². The van der Waals surface area contributed by atoms with Crippen molar-refractivity contribution in [3.63, 3.8) is 0 Å². The molecule has 9 heteroatoms. The van der Waals surface area contributed by atoms with Crippen LogP contribution in [0.25, 0.3) is 11.4 Å². The number of carbonyl (C=O) groups is 1. The van der Waals surface area contributed by atoms with Gasteiger partial charge in [0.1, 0.15) is 5.70 Å². The number of rotatable bonds is 2. The SMILES string of the molecule is NC(=O)C1=c2ccccc2=C2CN1C(OS(=O)(=O)O)=N2. The van der Waals surface area contributed by atoms with Gasteiger partial charge in [-0.3, -0.25) is 14.2 Å². The maximum Gasteiger partial charge on any atom is 0.449 e. The van der Waals surface area contributed by atoms with Gasteiger partial charge in [-0.15, -0.1) is 0 Å². The normalized spacial score (nSPS) is 16.9. The zero-order valence-corrected chi connectivity index (χ0v) is 10.8. The van der Waals surface area contributed by atoms with Crippen LogP contribution in [0.5, 0.6) is 0 Å². The van der Waals surface area contributed by atoms with E-state index >= 15 is 0 Å². The molecule has 0 aromatic heterocycles. The molecule has 0 aliphatic carbocycles. The Morgan fingerprint density at radius 3 is 2.60 bits per heavy atom. The lowest BCUT2D eigenvalue weighted by Crippen LogP contribution is -2.46. The van der Waals surface area contributed by atoms with Gasteiger partial charge in [0.2, 0.25) is 0 Å². The van der Waals surface area contributed by atoms with Gasteiger partial charge in [0, 0.05) is 10.4 Å². The Kier molecular flexibility index (Phi) is 2.56. The fraction of sp³-hybridized carbons (Fsp3) is 0.0909. The standard InChI is InChI=1S/C11H9N3O5S/c12-10(15)9-7-4-2-1-3-6(7)8-5-14(9)11(13-8)19-20(16,17)18/h1-4H,5H2,(H2,12,15)(H,16,17,18). The summed E-state index contributed by atoms with van der Waals surface area (Å²) in [7, 11) is -4.73. The molecule has 2 heterocycles. The highest BCUT2D eigenvalue weighted by Gasteiger charge is 2.34. The summed E-state index contributed by atoms with van der Waals surface area (Å²) in [4.78, 5) is 16.8. The summed E-state index contributed by atoms with van der Waals surface area (Å²) in [6, 6.07) is 6.50. The first-order chi connectivity index (χ1) is 9.37. The lowest BCUT2D eigenvalue weighted by atomic mass is 10.1. The van der Waals surface area contributed by atoms with E-state index in [0.717, 1.165) is 0 Å². The van der Waals surface area contributed by atoms with Crippen LogP contribution in [-0.4, -0.2) is 36.3 Å². The van der Waals surface area contributed by atoms with Crippen molar-refractivity contribution in [3.8, 4) is 0 Å². The number of aliphatic imine (C=N–C) groups is 1. The average molecular weight is 295 g/mol. The van der Waals surface area contributed by atoms with Crippen LogP contribution in [0.2, 0.25) is 0 Å². The van der Waals surface area contributed by atoms with Gasteiger partial charge in [0.25, 0.3) is 5.91 Å². The van der Waals surface area contributed by atoms with E-state index in [1.165, 1.54) is 4.90 Å². The first-order valence-corrected chi connectivity index (χ1v) is 6.89. The van der Waals surface area contributed by atoms with Crippen LogP contribution in [0.15, 0.2) is 29.3 Å². The molecule has 2 aliphatic rings. The first kappa shape index (κ1) is 12.6. The number of hydrogen-bond acceptors (Lipinski definition) is 6. The van der Waals surface area contributed by atoms with Gasteiger partial charge in [-0.1, -0.05) is 24.3 Å². The Hall–Kier alpha value is -2.39. The monoisotopic (exact) mass is 295 g/mol. The summed E-state index contributed by atoms with van der Waals surface area (Å²) < 4.78 is 34.8. The number of fused-ring (bicyclic) bond motifs is 3. The second-order valence-corrected chi connectivity index (χ2v) is 5.22. The largest absolute Gasteiger partial charge is 0.449 e. The number of amides is 1. The van der Waals surface area contributed by atoms with Gasteiger partial charge in [0.15, 0.2) is 0 Å². The molecule has 3 N–H and O–H groups in total. The van der Waals surface area contributed by atoms with E-state index in [2.05, 4.69) is 9.18 Å². The molecule has 8 nitrogen and oxygen atoms in total. The van der Waals surface area contributed by atoms with Crippen LogP contribution in [0, 0.1) is 0 Å². The Morgan fingerprint density at radius 1 is 1.35 bits per heavy atom. The molecule has 0 unspecified atom stereocenters. The molecule has 0 saturated heterocycles. The average Bonchev–Trinajstić information content (AvgIpc) is 2.67. The van der Waals surface area contributed by atoms with Crippen LogP contribution < -0.4 is 16.2 Å². The molecule has 1 aromatic carbocycles. The molecule has 0 spiro atoms. The number of amidine groups is 1. The molecule has 0 atom stereocenters. The maximum atomic E-state index is 11.6. The lowest BCUT2D eigenvalue weighted by molar-refractivity contribution is -0.113. The van der Waals surface area contributed by atoms with Crippen molar-refractivity contribution in [1.82, 2.24) is 4.90 Å². The fourth-order valence-electron chi connectivity index (χ4n) is 2.26. The van der Waals surface area contributed by atoms with Crippen molar-refractivity contribution < 1.29 is 21.9 Å². The maximum absolute atomic E-state index is 11.6. The predicted molar refractivity (Wildman–Crippen MR) is 68.5 cm³/mol. The number of nitrogens with zero attached hydrogens (tertiary/aromatic N) is 2. The Labute approximate surface area is 113 Å². The van der Waals surface area contributed by atoms with Crippen molar-refractivity contribution in [2.45, 2.75) is 0 Å². The molecular formula is C11H9N3O5S. The molecule has 0 fully saturated rings. The molecule has 3 rings (SSSR count). The third-order valence-electron chi connectivity index (χ3n) is 2.95. The minimum Gasteiger partial charge on any atom is -0.364 e. The number of carbonyl (C=O) groups excluding carboxylic acids is 1. The Balaban J connectivity index is 2.28. The van der Waals surface area contributed by atoms with Crippen molar-refractivity contribution in [2.75, 3.05) is 6.54 Å². The second-order valence-electron chi connectivity index (χ2n) is 4.20.